The maximum absolute atomic E-state index is 11.1. The van der Waals surface area contributed by atoms with Crippen molar-refractivity contribution in [2.45, 2.75) is 9.79 Å². The van der Waals surface area contributed by atoms with E-state index in [1.165, 1.54) is 18.3 Å². The first-order valence-electron chi connectivity index (χ1n) is 4.54. The van der Waals surface area contributed by atoms with Gasteiger partial charge in [0.05, 0.1) is 5.52 Å². The van der Waals surface area contributed by atoms with Crippen molar-refractivity contribution in [2.24, 2.45) is 0 Å². The van der Waals surface area contributed by atoms with Gasteiger partial charge in [-0.3, -0.25) is 14.1 Å². The number of pyridine rings is 1. The summed E-state index contributed by atoms with van der Waals surface area (Å²) in [5, 5.41) is -0.0878. The smallest absolute Gasteiger partial charge is 1.00 e. The number of rotatable bonds is 2. The molecule has 0 atom stereocenters. The minimum atomic E-state index is -4.53. The van der Waals surface area contributed by atoms with Gasteiger partial charge < -0.3 is 2.85 Å². The number of hydrogen-bond acceptors (Lipinski definition) is 5. The molecular formula is C9H9Li2NO6S2. The summed E-state index contributed by atoms with van der Waals surface area (Å²) in [6.45, 7) is 0. The maximum Gasteiger partial charge on any atom is 1.00 e. The van der Waals surface area contributed by atoms with Crippen LogP contribution in [0, 0.1) is 0 Å². The normalized spacial score (nSPS) is 11.5. The van der Waals surface area contributed by atoms with Crippen LogP contribution in [0.5, 0.6) is 0 Å². The van der Waals surface area contributed by atoms with Crippen molar-refractivity contribution in [3.05, 3.63) is 30.5 Å². The summed E-state index contributed by atoms with van der Waals surface area (Å²) in [6.07, 6.45) is 1.24. The fourth-order valence-corrected chi connectivity index (χ4v) is 2.88. The van der Waals surface area contributed by atoms with Gasteiger partial charge in [0.15, 0.2) is 0 Å². The molecule has 7 nitrogen and oxygen atoms in total. The second-order valence-corrected chi connectivity index (χ2v) is 6.19. The van der Waals surface area contributed by atoms with Crippen LogP contribution in [0.4, 0.5) is 0 Å². The molecule has 0 bridgehead atoms. The first-order chi connectivity index (χ1) is 8.21. The standard InChI is InChI=1S/C9H7NO6S2.2Li.2H/c11-17(12,13)7-3-4-8(18(14,15)16)9-6(7)2-1-5-10-9;;;;/h1-5H,(H,11,12,13)(H,14,15,16);;;;/q;2*+1;2*-1. The van der Waals surface area contributed by atoms with Crippen LogP contribution >= 0.6 is 0 Å². The average molecular weight is 305 g/mol. The first kappa shape index (κ1) is 19.6. The Labute approximate surface area is 142 Å². The summed E-state index contributed by atoms with van der Waals surface area (Å²) >= 11 is 0. The zero-order valence-electron chi connectivity index (χ0n) is 12.7. The van der Waals surface area contributed by atoms with E-state index in [0.717, 1.165) is 12.1 Å². The van der Waals surface area contributed by atoms with Crippen molar-refractivity contribution in [1.29, 1.82) is 0 Å². The van der Waals surface area contributed by atoms with Crippen LogP contribution in [-0.2, 0) is 20.2 Å². The van der Waals surface area contributed by atoms with Crippen LogP contribution in [-0.4, -0.2) is 30.9 Å². The van der Waals surface area contributed by atoms with Gasteiger partial charge in [-0.2, -0.15) is 16.8 Å². The topological polar surface area (TPSA) is 122 Å². The minimum Gasteiger partial charge on any atom is -1.00 e. The van der Waals surface area contributed by atoms with Gasteiger partial charge >= 0.3 is 37.7 Å². The molecule has 0 fully saturated rings. The van der Waals surface area contributed by atoms with Gasteiger partial charge in [0.25, 0.3) is 20.2 Å². The number of hydrogen-bond donors (Lipinski definition) is 2. The van der Waals surface area contributed by atoms with Gasteiger partial charge in [0.2, 0.25) is 0 Å². The third-order valence-electron chi connectivity index (χ3n) is 2.25. The van der Waals surface area contributed by atoms with E-state index in [1.807, 2.05) is 0 Å². The Kier molecular flexibility index (Phi) is 6.49. The quantitative estimate of drug-likeness (QED) is 0.421. The van der Waals surface area contributed by atoms with Crippen LogP contribution in [0.3, 0.4) is 0 Å². The van der Waals surface area contributed by atoms with Crippen molar-refractivity contribution in [2.75, 3.05) is 0 Å². The molecule has 1 heterocycles. The van der Waals surface area contributed by atoms with E-state index in [1.54, 1.807) is 0 Å². The van der Waals surface area contributed by atoms with Crippen molar-refractivity contribution >= 4 is 31.1 Å². The monoisotopic (exact) mass is 305 g/mol. The van der Waals surface area contributed by atoms with Crippen LogP contribution in [0.1, 0.15) is 2.85 Å². The molecule has 0 saturated carbocycles. The largest absolute Gasteiger partial charge is 1.00 e. The zero-order valence-corrected chi connectivity index (χ0v) is 12.3. The fraction of sp³-hybridized carbons (Fsp3) is 0. The Balaban J connectivity index is -0.000000902. The molecule has 2 N–H and O–H groups in total. The SMILES string of the molecule is O=S(=O)(O)c1ccc(S(=O)(=O)O)c2ncccc12.[H-].[H-].[Li+].[Li+]. The molecule has 20 heavy (non-hydrogen) atoms. The van der Waals surface area contributed by atoms with Gasteiger partial charge in [0, 0.05) is 11.6 Å². The second-order valence-electron chi connectivity index (χ2n) is 3.41. The number of benzene rings is 1. The van der Waals surface area contributed by atoms with Crippen LogP contribution in [0.2, 0.25) is 0 Å². The predicted molar refractivity (Wildman–Crippen MR) is 63.6 cm³/mol. The zero-order chi connectivity index (χ0) is 13.6. The molecule has 0 spiro atoms. The van der Waals surface area contributed by atoms with Gasteiger partial charge in [-0.25, -0.2) is 0 Å². The molecule has 0 aliphatic heterocycles. The average Bonchev–Trinajstić information content (AvgIpc) is 2.24. The van der Waals surface area contributed by atoms with E-state index in [4.69, 9.17) is 9.11 Å². The van der Waals surface area contributed by atoms with Gasteiger partial charge in [-0.05, 0) is 24.3 Å². The first-order valence-corrected chi connectivity index (χ1v) is 7.42. The summed E-state index contributed by atoms with van der Waals surface area (Å²) < 4.78 is 62.5. The molecule has 2 aromatic rings. The molecular weight excluding hydrogens is 296 g/mol. The van der Waals surface area contributed by atoms with E-state index < -0.39 is 30.0 Å². The van der Waals surface area contributed by atoms with Crippen LogP contribution in [0.15, 0.2) is 40.3 Å². The summed E-state index contributed by atoms with van der Waals surface area (Å²) in [6, 6.07) is 4.42. The molecule has 11 heteroatoms. The van der Waals surface area contributed by atoms with Crippen molar-refractivity contribution in [3.63, 3.8) is 0 Å². The summed E-state index contributed by atoms with van der Waals surface area (Å²) in [7, 11) is -9.04. The van der Waals surface area contributed by atoms with E-state index in [9.17, 15) is 16.8 Å². The minimum absolute atomic E-state index is 0. The molecule has 100 valence electrons. The molecule has 0 aliphatic rings. The van der Waals surface area contributed by atoms with Crippen molar-refractivity contribution in [1.82, 2.24) is 4.98 Å². The third-order valence-corrected chi connectivity index (χ3v) is 4.05. The Morgan fingerprint density at radius 2 is 1.40 bits per heavy atom. The number of fused-ring (bicyclic) bond motifs is 1. The van der Waals surface area contributed by atoms with Gasteiger partial charge in [-0.15, -0.1) is 0 Å². The fourth-order valence-electron chi connectivity index (χ4n) is 1.55. The third kappa shape index (κ3) is 3.85. The van der Waals surface area contributed by atoms with E-state index >= 15 is 0 Å². The molecule has 0 amide bonds. The molecule has 0 radical (unpaired) electrons. The van der Waals surface area contributed by atoms with E-state index in [0.29, 0.717) is 0 Å². The number of aromatic nitrogens is 1. The summed E-state index contributed by atoms with van der Waals surface area (Å²) in [5.41, 5.74) is -0.227. The summed E-state index contributed by atoms with van der Waals surface area (Å²) in [5.74, 6) is 0. The molecule has 1 aromatic heterocycles. The van der Waals surface area contributed by atoms with Crippen LogP contribution < -0.4 is 37.7 Å². The van der Waals surface area contributed by atoms with Crippen LogP contribution in [0.25, 0.3) is 10.9 Å². The van der Waals surface area contributed by atoms with Crippen molar-refractivity contribution in [3.8, 4) is 0 Å². The Bertz CT molecular complexity index is 774. The summed E-state index contributed by atoms with van der Waals surface area (Å²) in [4.78, 5) is 2.71. The van der Waals surface area contributed by atoms with Crippen molar-refractivity contribution < 1.29 is 66.5 Å². The molecule has 0 saturated heterocycles. The Hall–Kier alpha value is -0.355. The maximum atomic E-state index is 11.1. The predicted octanol–water partition coefficient (Wildman–Crippen LogP) is -5.04. The Morgan fingerprint density at radius 3 is 1.90 bits per heavy atom. The molecule has 1 aromatic carbocycles. The second kappa shape index (κ2) is 6.61. The van der Waals surface area contributed by atoms with Gasteiger partial charge in [-0.1, -0.05) is 0 Å². The van der Waals surface area contributed by atoms with E-state index in [-0.39, 0.29) is 51.5 Å². The number of nitrogens with zero attached hydrogens (tertiary/aromatic N) is 1. The van der Waals surface area contributed by atoms with Gasteiger partial charge in [0.1, 0.15) is 9.79 Å². The van der Waals surface area contributed by atoms with E-state index in [2.05, 4.69) is 4.98 Å². The molecule has 0 unspecified atom stereocenters. The molecule has 2 rings (SSSR count). The molecule has 0 aliphatic carbocycles. The Morgan fingerprint density at radius 1 is 0.900 bits per heavy atom.